The van der Waals surface area contributed by atoms with Gasteiger partial charge in [0.25, 0.3) is 5.56 Å². The lowest BCUT2D eigenvalue weighted by Crippen LogP contribution is -2.16. The standard InChI is InChI=1S/C20H19FN6O.2ClH/c21-15-3-2-13-8-14(20(28)24-17(13)9-15)12-26-7-5-23-19(26)18-10-16-11-22-4-1-6-27(16)25-18;;/h2-3,5,7-10,22H,1,4,6,11-12H2,(H,24,28);2*1H. The van der Waals surface area contributed by atoms with Crippen LogP contribution in [0.1, 0.15) is 17.7 Å². The quantitative estimate of drug-likeness (QED) is 0.502. The summed E-state index contributed by atoms with van der Waals surface area (Å²) in [5, 5.41) is 8.88. The summed E-state index contributed by atoms with van der Waals surface area (Å²) < 4.78 is 17.3. The molecule has 1 aromatic carbocycles. The third-order valence-electron chi connectivity index (χ3n) is 5.06. The Labute approximate surface area is 184 Å². The van der Waals surface area contributed by atoms with Gasteiger partial charge in [-0.3, -0.25) is 9.48 Å². The van der Waals surface area contributed by atoms with Crippen LogP contribution in [-0.4, -0.2) is 30.9 Å². The molecule has 0 saturated heterocycles. The number of nitrogens with zero attached hydrogens (tertiary/aromatic N) is 4. The molecule has 1 aliphatic rings. The van der Waals surface area contributed by atoms with Crippen molar-refractivity contribution < 1.29 is 4.39 Å². The number of hydrogen-bond donors (Lipinski definition) is 2. The lowest BCUT2D eigenvalue weighted by atomic mass is 10.1. The van der Waals surface area contributed by atoms with Gasteiger partial charge in [0.05, 0.1) is 17.8 Å². The van der Waals surface area contributed by atoms with Crippen molar-refractivity contribution in [2.24, 2.45) is 0 Å². The smallest absolute Gasteiger partial charge is 0.253 e. The normalized spacial score (nSPS) is 13.2. The second kappa shape index (κ2) is 8.99. The van der Waals surface area contributed by atoms with Crippen LogP contribution in [0.25, 0.3) is 22.4 Å². The Bertz CT molecular complexity index is 1210. The minimum atomic E-state index is -0.373. The average molecular weight is 451 g/mol. The highest BCUT2D eigenvalue weighted by molar-refractivity contribution is 5.85. The summed E-state index contributed by atoms with van der Waals surface area (Å²) >= 11 is 0. The summed E-state index contributed by atoms with van der Waals surface area (Å²) in [7, 11) is 0. The third kappa shape index (κ3) is 4.12. The fraction of sp³-hybridized carbons (Fsp3) is 0.250. The lowest BCUT2D eigenvalue weighted by molar-refractivity contribution is 0.588. The van der Waals surface area contributed by atoms with Gasteiger partial charge in [0, 0.05) is 31.0 Å². The van der Waals surface area contributed by atoms with Crippen LogP contribution in [0.2, 0.25) is 0 Å². The van der Waals surface area contributed by atoms with Crippen molar-refractivity contribution in [3.8, 4) is 11.5 Å². The van der Waals surface area contributed by atoms with Crippen molar-refractivity contribution >= 4 is 35.7 Å². The number of benzene rings is 1. The van der Waals surface area contributed by atoms with Gasteiger partial charge >= 0.3 is 0 Å². The van der Waals surface area contributed by atoms with Crippen molar-refractivity contribution in [2.75, 3.05) is 6.54 Å². The molecule has 158 valence electrons. The Morgan fingerprint density at radius 1 is 1.17 bits per heavy atom. The molecule has 30 heavy (non-hydrogen) atoms. The van der Waals surface area contributed by atoms with Crippen LogP contribution in [0, 0.1) is 5.82 Å². The zero-order chi connectivity index (χ0) is 19.1. The van der Waals surface area contributed by atoms with Gasteiger partial charge in [-0.2, -0.15) is 5.10 Å². The highest BCUT2D eigenvalue weighted by atomic mass is 35.5. The maximum absolute atomic E-state index is 13.4. The maximum Gasteiger partial charge on any atom is 0.253 e. The van der Waals surface area contributed by atoms with Gasteiger partial charge in [0.15, 0.2) is 5.82 Å². The summed E-state index contributed by atoms with van der Waals surface area (Å²) in [5.41, 5.74) is 2.77. The van der Waals surface area contributed by atoms with Gasteiger partial charge in [-0.1, -0.05) is 0 Å². The molecule has 3 aromatic heterocycles. The fourth-order valence-electron chi connectivity index (χ4n) is 3.66. The monoisotopic (exact) mass is 450 g/mol. The van der Waals surface area contributed by atoms with Crippen LogP contribution in [-0.2, 0) is 19.6 Å². The summed E-state index contributed by atoms with van der Waals surface area (Å²) in [6.45, 7) is 3.01. The van der Waals surface area contributed by atoms with Gasteiger partial charge in [0.1, 0.15) is 11.5 Å². The molecule has 5 rings (SSSR count). The molecule has 0 atom stereocenters. The first-order valence-electron chi connectivity index (χ1n) is 9.28. The molecular weight excluding hydrogens is 430 g/mol. The number of imidazole rings is 1. The summed E-state index contributed by atoms with van der Waals surface area (Å²) in [6, 6.07) is 8.22. The van der Waals surface area contributed by atoms with Gasteiger partial charge < -0.3 is 14.9 Å². The number of nitrogens with one attached hydrogen (secondary N) is 2. The molecule has 4 aromatic rings. The number of aromatic amines is 1. The van der Waals surface area contributed by atoms with Crippen LogP contribution in [0.3, 0.4) is 0 Å². The topological polar surface area (TPSA) is 80.5 Å². The summed E-state index contributed by atoms with van der Waals surface area (Å²) in [5.74, 6) is 0.348. The van der Waals surface area contributed by atoms with E-state index in [1.165, 1.54) is 12.1 Å². The van der Waals surface area contributed by atoms with Gasteiger partial charge in [-0.25, -0.2) is 9.37 Å². The predicted molar refractivity (Wildman–Crippen MR) is 118 cm³/mol. The van der Waals surface area contributed by atoms with Crippen LogP contribution in [0.4, 0.5) is 4.39 Å². The summed E-state index contributed by atoms with van der Waals surface area (Å²) in [4.78, 5) is 19.7. The highest BCUT2D eigenvalue weighted by Crippen LogP contribution is 2.20. The van der Waals surface area contributed by atoms with E-state index in [0.717, 1.165) is 48.7 Å². The first-order valence-corrected chi connectivity index (χ1v) is 9.28. The average Bonchev–Trinajstić information content (AvgIpc) is 3.24. The van der Waals surface area contributed by atoms with Crippen LogP contribution >= 0.6 is 24.8 Å². The van der Waals surface area contributed by atoms with E-state index in [9.17, 15) is 9.18 Å². The molecule has 4 heterocycles. The second-order valence-corrected chi connectivity index (χ2v) is 7.01. The van der Waals surface area contributed by atoms with Crippen LogP contribution in [0.5, 0.6) is 0 Å². The zero-order valence-corrected chi connectivity index (χ0v) is 17.6. The Balaban J connectivity index is 0.00000128. The maximum atomic E-state index is 13.4. The number of H-pyrrole nitrogens is 1. The van der Waals surface area contributed by atoms with E-state index >= 15 is 0 Å². The molecule has 0 saturated carbocycles. The number of pyridine rings is 1. The first kappa shape index (κ1) is 22.0. The molecule has 2 N–H and O–H groups in total. The number of fused-ring (bicyclic) bond motifs is 2. The van der Waals surface area contributed by atoms with E-state index in [1.54, 1.807) is 18.3 Å². The lowest BCUT2D eigenvalue weighted by Gasteiger charge is -2.07. The number of rotatable bonds is 3. The minimum absolute atomic E-state index is 0. The number of hydrogen-bond acceptors (Lipinski definition) is 4. The van der Waals surface area contributed by atoms with Gasteiger partial charge in [-0.15, -0.1) is 24.8 Å². The second-order valence-electron chi connectivity index (χ2n) is 7.01. The van der Waals surface area contributed by atoms with Gasteiger partial charge in [-0.05, 0) is 48.7 Å². The first-order chi connectivity index (χ1) is 13.7. The SMILES string of the molecule is Cl.Cl.O=c1[nH]c2cc(F)ccc2cc1Cn1ccnc1-c1cc2n(n1)CCCNC2. The molecule has 1 aliphatic heterocycles. The van der Waals surface area contributed by atoms with Crippen LogP contribution < -0.4 is 10.9 Å². The molecule has 0 bridgehead atoms. The number of aromatic nitrogens is 5. The Kier molecular flexibility index (Phi) is 6.60. The molecule has 0 radical (unpaired) electrons. The molecule has 0 fully saturated rings. The van der Waals surface area contributed by atoms with Crippen molar-refractivity contribution in [2.45, 2.75) is 26.1 Å². The molecular formula is C20H21Cl2FN6O. The zero-order valence-electron chi connectivity index (χ0n) is 16.0. The fourth-order valence-corrected chi connectivity index (χ4v) is 3.66. The molecule has 0 spiro atoms. The van der Waals surface area contributed by atoms with E-state index in [4.69, 9.17) is 5.10 Å². The van der Waals surface area contributed by atoms with E-state index in [-0.39, 0.29) is 36.2 Å². The third-order valence-corrected chi connectivity index (χ3v) is 5.06. The van der Waals surface area contributed by atoms with Crippen molar-refractivity contribution in [1.29, 1.82) is 0 Å². The molecule has 0 unspecified atom stereocenters. The highest BCUT2D eigenvalue weighted by Gasteiger charge is 2.16. The van der Waals surface area contributed by atoms with E-state index in [1.807, 2.05) is 21.5 Å². The Hall–Kier alpha value is -2.68. The minimum Gasteiger partial charge on any atom is -0.325 e. The van der Waals surface area contributed by atoms with Crippen molar-refractivity contribution in [3.63, 3.8) is 0 Å². The van der Waals surface area contributed by atoms with E-state index in [2.05, 4.69) is 15.3 Å². The van der Waals surface area contributed by atoms with E-state index in [0.29, 0.717) is 17.6 Å². The molecule has 0 aliphatic carbocycles. The Morgan fingerprint density at radius 2 is 2.03 bits per heavy atom. The number of halogens is 3. The predicted octanol–water partition coefficient (Wildman–Crippen LogP) is 3.11. The van der Waals surface area contributed by atoms with Crippen molar-refractivity contribution in [1.82, 2.24) is 29.6 Å². The van der Waals surface area contributed by atoms with Crippen molar-refractivity contribution in [3.05, 3.63) is 70.2 Å². The number of aryl methyl sites for hydroxylation is 1. The van der Waals surface area contributed by atoms with E-state index < -0.39 is 0 Å². The summed E-state index contributed by atoms with van der Waals surface area (Å²) in [6.07, 6.45) is 4.59. The molecule has 0 amide bonds. The largest absolute Gasteiger partial charge is 0.325 e. The van der Waals surface area contributed by atoms with Gasteiger partial charge in [0.2, 0.25) is 0 Å². The molecule has 7 nitrogen and oxygen atoms in total. The Morgan fingerprint density at radius 3 is 2.90 bits per heavy atom. The molecule has 10 heteroatoms. The van der Waals surface area contributed by atoms with Crippen LogP contribution in [0.15, 0.2) is 47.5 Å².